The summed E-state index contributed by atoms with van der Waals surface area (Å²) in [6.07, 6.45) is -0.387. The lowest BCUT2D eigenvalue weighted by molar-refractivity contribution is -0.384. The van der Waals surface area contributed by atoms with Gasteiger partial charge in [0.2, 0.25) is 0 Å². The van der Waals surface area contributed by atoms with Crippen LogP contribution >= 0.6 is 0 Å². The third-order valence-electron chi connectivity index (χ3n) is 3.90. The highest BCUT2D eigenvalue weighted by Crippen LogP contribution is 2.30. The van der Waals surface area contributed by atoms with Crippen LogP contribution in [0.3, 0.4) is 0 Å². The van der Waals surface area contributed by atoms with Crippen LogP contribution in [0.2, 0.25) is 0 Å². The smallest absolute Gasteiger partial charge is 0.341 e. The second-order valence-corrected chi connectivity index (χ2v) is 5.91. The maximum Gasteiger partial charge on any atom is 0.341 e. The van der Waals surface area contributed by atoms with Crippen molar-refractivity contribution in [3.05, 3.63) is 58.1 Å². The van der Waals surface area contributed by atoms with Crippen molar-refractivity contribution in [1.29, 1.82) is 0 Å². The van der Waals surface area contributed by atoms with Crippen molar-refractivity contribution in [3.8, 4) is 11.5 Å². The molecule has 0 bridgehead atoms. The van der Waals surface area contributed by atoms with E-state index in [1.807, 2.05) is 12.1 Å². The van der Waals surface area contributed by atoms with Crippen LogP contribution in [0, 0.1) is 10.1 Å². The number of nitrogens with one attached hydrogen (secondary N) is 1. The molecule has 0 radical (unpaired) electrons. The van der Waals surface area contributed by atoms with Gasteiger partial charge in [-0.05, 0) is 18.2 Å². The Hall–Kier alpha value is -3.82. The van der Waals surface area contributed by atoms with Crippen molar-refractivity contribution in [2.75, 3.05) is 25.5 Å². The van der Waals surface area contributed by atoms with E-state index < -0.39 is 23.4 Å². The molecule has 3 rings (SSSR count). The van der Waals surface area contributed by atoms with E-state index in [1.165, 1.54) is 12.1 Å². The number of nitrogen functional groups attached to an aromatic ring is 1. The van der Waals surface area contributed by atoms with E-state index in [9.17, 15) is 19.7 Å². The summed E-state index contributed by atoms with van der Waals surface area (Å²) in [5.74, 6) is -0.267. The number of benzene rings is 2. The van der Waals surface area contributed by atoms with Crippen molar-refractivity contribution >= 4 is 23.3 Å². The van der Waals surface area contributed by atoms with Gasteiger partial charge >= 0.3 is 5.97 Å². The molecule has 2 aromatic rings. The lowest BCUT2D eigenvalue weighted by Crippen LogP contribution is -2.42. The summed E-state index contributed by atoms with van der Waals surface area (Å²) >= 11 is 0. The predicted molar refractivity (Wildman–Crippen MR) is 97.2 cm³/mol. The normalized spacial score (nSPS) is 14.8. The molecule has 0 aromatic heterocycles. The van der Waals surface area contributed by atoms with E-state index in [4.69, 9.17) is 19.9 Å². The summed E-state index contributed by atoms with van der Waals surface area (Å²) in [5, 5.41) is 13.4. The molecule has 0 saturated carbocycles. The number of carbonyl (C=O) groups is 2. The number of non-ortho nitro benzene ring substituents is 1. The summed E-state index contributed by atoms with van der Waals surface area (Å²) in [6.45, 7) is -0.143. The molecule has 0 spiro atoms. The van der Waals surface area contributed by atoms with Gasteiger partial charge in [0.25, 0.3) is 11.6 Å². The average Bonchev–Trinajstić information content (AvgIpc) is 2.70. The van der Waals surface area contributed by atoms with Crippen molar-refractivity contribution in [1.82, 2.24) is 5.32 Å². The molecule has 0 aliphatic carbocycles. The van der Waals surface area contributed by atoms with E-state index in [0.29, 0.717) is 11.5 Å². The van der Waals surface area contributed by atoms with E-state index in [1.54, 1.807) is 12.1 Å². The van der Waals surface area contributed by atoms with Gasteiger partial charge in [0, 0.05) is 17.8 Å². The Balaban J connectivity index is 1.48. The number of nitro benzene ring substituents is 1. The fourth-order valence-corrected chi connectivity index (χ4v) is 2.49. The molecule has 1 aliphatic heterocycles. The second-order valence-electron chi connectivity index (χ2n) is 5.91. The third kappa shape index (κ3) is 4.47. The molecule has 2 aromatic carbocycles. The maximum absolute atomic E-state index is 12.0. The number of anilines is 1. The number of rotatable bonds is 6. The Morgan fingerprint density at radius 1 is 1.25 bits per heavy atom. The predicted octanol–water partition coefficient (Wildman–Crippen LogP) is 1.29. The van der Waals surface area contributed by atoms with Crippen LogP contribution in [0.5, 0.6) is 11.5 Å². The first-order valence-corrected chi connectivity index (χ1v) is 8.30. The van der Waals surface area contributed by atoms with Gasteiger partial charge in [-0.2, -0.15) is 0 Å². The first-order chi connectivity index (χ1) is 13.4. The molecular weight excluding hydrogens is 370 g/mol. The summed E-state index contributed by atoms with van der Waals surface area (Å²) in [4.78, 5) is 34.1. The molecule has 10 nitrogen and oxygen atoms in total. The van der Waals surface area contributed by atoms with Gasteiger partial charge in [-0.1, -0.05) is 12.1 Å². The zero-order valence-electron chi connectivity index (χ0n) is 14.6. The fourth-order valence-electron chi connectivity index (χ4n) is 2.49. The number of hydrogen-bond donors (Lipinski definition) is 2. The van der Waals surface area contributed by atoms with Gasteiger partial charge in [-0.25, -0.2) is 4.79 Å². The van der Waals surface area contributed by atoms with Crippen LogP contribution < -0.4 is 20.5 Å². The van der Waals surface area contributed by atoms with E-state index in [0.717, 1.165) is 6.07 Å². The average molecular weight is 387 g/mol. The number of fused-ring (bicyclic) bond motifs is 1. The Morgan fingerprint density at radius 2 is 2.00 bits per heavy atom. The van der Waals surface area contributed by atoms with Gasteiger partial charge in [0.05, 0.1) is 17.0 Å². The Labute approximate surface area is 159 Å². The van der Waals surface area contributed by atoms with Crippen LogP contribution in [-0.2, 0) is 9.53 Å². The number of ether oxygens (including phenoxy) is 3. The van der Waals surface area contributed by atoms with Crippen LogP contribution in [0.4, 0.5) is 11.4 Å². The van der Waals surface area contributed by atoms with Crippen LogP contribution in [0.25, 0.3) is 0 Å². The van der Waals surface area contributed by atoms with Crippen LogP contribution in [0.15, 0.2) is 42.5 Å². The van der Waals surface area contributed by atoms with Crippen LogP contribution in [-0.4, -0.2) is 42.7 Å². The number of carbonyl (C=O) groups excluding carboxylic acids is 2. The zero-order chi connectivity index (χ0) is 20.1. The number of amides is 1. The molecule has 3 N–H and O–H groups in total. The van der Waals surface area contributed by atoms with Crippen molar-refractivity contribution in [2.45, 2.75) is 6.10 Å². The Kier molecular flexibility index (Phi) is 5.58. The van der Waals surface area contributed by atoms with E-state index in [-0.39, 0.29) is 36.2 Å². The fraction of sp³-hybridized carbons (Fsp3) is 0.222. The lowest BCUT2D eigenvalue weighted by Gasteiger charge is -2.26. The molecule has 10 heteroatoms. The third-order valence-corrected chi connectivity index (χ3v) is 3.90. The van der Waals surface area contributed by atoms with Crippen LogP contribution in [0.1, 0.15) is 10.4 Å². The molecule has 1 heterocycles. The van der Waals surface area contributed by atoms with Gasteiger partial charge in [0.1, 0.15) is 12.7 Å². The number of hydrogen-bond acceptors (Lipinski definition) is 8. The monoisotopic (exact) mass is 387 g/mol. The molecular formula is C18H17N3O7. The number of para-hydroxylation sites is 2. The highest BCUT2D eigenvalue weighted by atomic mass is 16.6. The molecule has 1 aliphatic rings. The lowest BCUT2D eigenvalue weighted by atomic mass is 10.1. The summed E-state index contributed by atoms with van der Waals surface area (Å²) in [7, 11) is 0. The summed E-state index contributed by atoms with van der Waals surface area (Å²) in [6, 6.07) is 10.6. The van der Waals surface area contributed by atoms with Gasteiger partial charge in [-0.15, -0.1) is 0 Å². The first-order valence-electron chi connectivity index (χ1n) is 8.30. The quantitative estimate of drug-likeness (QED) is 0.327. The maximum atomic E-state index is 12.0. The molecule has 1 atom stereocenters. The first kappa shape index (κ1) is 19.0. The number of nitrogens with zero attached hydrogens (tertiary/aromatic N) is 1. The minimum absolute atomic E-state index is 0.0161. The molecule has 0 fully saturated rings. The van der Waals surface area contributed by atoms with Crippen molar-refractivity contribution < 1.29 is 28.7 Å². The number of nitrogens with two attached hydrogens (primary N) is 1. The highest BCUT2D eigenvalue weighted by Gasteiger charge is 2.22. The van der Waals surface area contributed by atoms with Crippen molar-refractivity contribution in [3.63, 3.8) is 0 Å². The van der Waals surface area contributed by atoms with Gasteiger partial charge in [-0.3, -0.25) is 14.9 Å². The minimum atomic E-state index is -0.928. The SMILES string of the molecule is Nc1ccc([N+](=O)[O-])cc1C(=O)OCC(=O)NC[C@@H]1COc2ccccc2O1. The second kappa shape index (κ2) is 8.25. The molecule has 0 unspecified atom stereocenters. The number of esters is 1. The molecule has 0 saturated heterocycles. The number of nitro groups is 1. The Morgan fingerprint density at radius 3 is 2.75 bits per heavy atom. The van der Waals surface area contributed by atoms with E-state index in [2.05, 4.69) is 5.32 Å². The largest absolute Gasteiger partial charge is 0.486 e. The van der Waals surface area contributed by atoms with Crippen molar-refractivity contribution in [2.24, 2.45) is 0 Å². The molecule has 28 heavy (non-hydrogen) atoms. The zero-order valence-corrected chi connectivity index (χ0v) is 14.6. The van der Waals surface area contributed by atoms with E-state index >= 15 is 0 Å². The Bertz CT molecular complexity index is 916. The van der Waals surface area contributed by atoms with Gasteiger partial charge < -0.3 is 25.3 Å². The van der Waals surface area contributed by atoms with Gasteiger partial charge in [0.15, 0.2) is 18.1 Å². The summed E-state index contributed by atoms with van der Waals surface area (Å²) in [5.41, 5.74) is 5.17. The topological polar surface area (TPSA) is 143 Å². The molecule has 146 valence electrons. The summed E-state index contributed by atoms with van der Waals surface area (Å²) < 4.78 is 16.1. The minimum Gasteiger partial charge on any atom is -0.486 e. The molecule has 1 amide bonds. The standard InChI is InChI=1S/C18H17N3O7/c19-14-6-5-11(21(24)25)7-13(14)18(23)27-10-17(22)20-8-12-9-26-15-3-1-2-4-16(15)28-12/h1-7,12H,8-10,19H2,(H,20,22)/t12-/m1/s1. The highest BCUT2D eigenvalue weighted by molar-refractivity contribution is 5.96.